The summed E-state index contributed by atoms with van der Waals surface area (Å²) < 4.78 is 0. The van der Waals surface area contributed by atoms with Crippen molar-refractivity contribution in [3.63, 3.8) is 0 Å². The third-order valence-corrected chi connectivity index (χ3v) is 3.28. The number of hydrogen-bond donors (Lipinski definition) is 1. The van der Waals surface area contributed by atoms with Gasteiger partial charge in [-0.25, -0.2) is 0 Å². The molecule has 0 bridgehead atoms. The number of carboxylic acid groups (broad SMARTS) is 1. The Kier molecular flexibility index (Phi) is 1.68. The Hall–Kier alpha value is -0.830. The lowest BCUT2D eigenvalue weighted by Crippen LogP contribution is -1.98. The number of aliphatic carboxylic acids is 1. The first-order chi connectivity index (χ1) is 5.70. The molecule has 0 amide bonds. The lowest BCUT2D eigenvalue weighted by molar-refractivity contribution is -0.138. The standard InChI is InChI=1S/C9H10O2S/c1-5-3-12-4-8(5)6-2-7(6)9(10)11/h3-4,6-7H,2H2,1H3,(H,10,11)/t6-,7-/m1/s1. The molecule has 0 aliphatic heterocycles. The minimum Gasteiger partial charge on any atom is -0.481 e. The molecule has 1 aliphatic rings. The van der Waals surface area contributed by atoms with Gasteiger partial charge in [-0.15, -0.1) is 0 Å². The second-order valence-corrected chi connectivity index (χ2v) is 4.04. The van der Waals surface area contributed by atoms with Crippen LogP contribution in [0.15, 0.2) is 10.8 Å². The van der Waals surface area contributed by atoms with Crippen LogP contribution in [0, 0.1) is 12.8 Å². The molecular weight excluding hydrogens is 172 g/mol. The van der Waals surface area contributed by atoms with Gasteiger partial charge in [0.05, 0.1) is 5.92 Å². The van der Waals surface area contributed by atoms with Crippen molar-refractivity contribution in [1.29, 1.82) is 0 Å². The molecule has 0 unspecified atom stereocenters. The van der Waals surface area contributed by atoms with E-state index in [1.807, 2.05) is 6.92 Å². The number of rotatable bonds is 2. The number of hydrogen-bond acceptors (Lipinski definition) is 2. The fraction of sp³-hybridized carbons (Fsp3) is 0.444. The van der Waals surface area contributed by atoms with Crippen LogP contribution in [0.5, 0.6) is 0 Å². The zero-order chi connectivity index (χ0) is 8.72. The summed E-state index contributed by atoms with van der Waals surface area (Å²) in [7, 11) is 0. The average Bonchev–Trinajstić information content (AvgIpc) is 2.70. The molecule has 1 saturated carbocycles. The largest absolute Gasteiger partial charge is 0.481 e. The summed E-state index contributed by atoms with van der Waals surface area (Å²) in [5, 5.41) is 12.9. The van der Waals surface area contributed by atoms with Crippen LogP contribution in [0.4, 0.5) is 0 Å². The van der Waals surface area contributed by atoms with Gasteiger partial charge in [0.1, 0.15) is 0 Å². The van der Waals surface area contributed by atoms with Crippen molar-refractivity contribution in [1.82, 2.24) is 0 Å². The van der Waals surface area contributed by atoms with Crippen molar-refractivity contribution >= 4 is 17.3 Å². The summed E-state index contributed by atoms with van der Waals surface area (Å²) >= 11 is 1.66. The van der Waals surface area contributed by atoms with Crippen molar-refractivity contribution in [2.45, 2.75) is 19.3 Å². The molecule has 2 rings (SSSR count). The maximum absolute atomic E-state index is 10.6. The summed E-state index contributed by atoms with van der Waals surface area (Å²) in [6.07, 6.45) is 0.826. The molecule has 3 heteroatoms. The smallest absolute Gasteiger partial charge is 0.307 e. The summed E-state index contributed by atoms with van der Waals surface area (Å²) in [5.74, 6) is -0.461. The maximum Gasteiger partial charge on any atom is 0.307 e. The van der Waals surface area contributed by atoms with Gasteiger partial charge in [0.25, 0.3) is 0 Å². The molecule has 12 heavy (non-hydrogen) atoms. The van der Waals surface area contributed by atoms with Crippen molar-refractivity contribution < 1.29 is 9.90 Å². The molecule has 1 N–H and O–H groups in total. The first kappa shape index (κ1) is 7.80. The summed E-state index contributed by atoms with van der Waals surface area (Å²) in [4.78, 5) is 10.6. The summed E-state index contributed by atoms with van der Waals surface area (Å²) in [6.45, 7) is 2.04. The normalized spacial score (nSPS) is 27.1. The fourth-order valence-corrected chi connectivity index (χ4v) is 2.48. The van der Waals surface area contributed by atoms with Gasteiger partial charge in [0, 0.05) is 0 Å². The Balaban J connectivity index is 2.15. The Bertz CT molecular complexity index is 316. The molecule has 64 valence electrons. The van der Waals surface area contributed by atoms with Crippen LogP contribution < -0.4 is 0 Å². The van der Waals surface area contributed by atoms with Crippen LogP contribution in [0.3, 0.4) is 0 Å². The molecule has 1 heterocycles. The third-order valence-electron chi connectivity index (χ3n) is 2.40. The molecule has 1 aliphatic carbocycles. The molecular formula is C9H10O2S. The quantitative estimate of drug-likeness (QED) is 0.761. The van der Waals surface area contributed by atoms with E-state index in [2.05, 4.69) is 10.8 Å². The molecule has 1 fully saturated rings. The summed E-state index contributed by atoms with van der Waals surface area (Å²) in [6, 6.07) is 0. The minimum atomic E-state index is -0.648. The van der Waals surface area contributed by atoms with Gasteiger partial charge < -0.3 is 5.11 Å². The lowest BCUT2D eigenvalue weighted by Gasteiger charge is -1.94. The highest BCUT2D eigenvalue weighted by Gasteiger charge is 2.44. The van der Waals surface area contributed by atoms with Crippen molar-refractivity contribution in [2.24, 2.45) is 5.92 Å². The van der Waals surface area contributed by atoms with Crippen LogP contribution in [0.25, 0.3) is 0 Å². The van der Waals surface area contributed by atoms with Gasteiger partial charge in [-0.1, -0.05) is 0 Å². The summed E-state index contributed by atoms with van der Waals surface area (Å²) in [5.41, 5.74) is 2.49. The first-order valence-corrected chi connectivity index (χ1v) is 4.90. The highest BCUT2D eigenvalue weighted by molar-refractivity contribution is 7.08. The van der Waals surface area contributed by atoms with Crippen molar-refractivity contribution in [3.05, 3.63) is 21.9 Å². The van der Waals surface area contributed by atoms with E-state index in [0.717, 1.165) is 6.42 Å². The maximum atomic E-state index is 10.6. The molecule has 0 saturated heterocycles. The fourth-order valence-electron chi connectivity index (χ4n) is 1.56. The van der Waals surface area contributed by atoms with E-state index in [0.29, 0.717) is 5.92 Å². The molecule has 0 spiro atoms. The number of aryl methyl sites for hydroxylation is 1. The van der Waals surface area contributed by atoms with Gasteiger partial charge in [0.2, 0.25) is 0 Å². The Morgan fingerprint density at radius 1 is 1.67 bits per heavy atom. The second kappa shape index (κ2) is 2.59. The molecule has 0 radical (unpaired) electrons. The average molecular weight is 182 g/mol. The highest BCUT2D eigenvalue weighted by atomic mass is 32.1. The van der Waals surface area contributed by atoms with E-state index >= 15 is 0 Å². The molecule has 2 nitrogen and oxygen atoms in total. The minimum absolute atomic E-state index is 0.113. The topological polar surface area (TPSA) is 37.3 Å². The Morgan fingerprint density at radius 2 is 2.42 bits per heavy atom. The van der Waals surface area contributed by atoms with E-state index in [4.69, 9.17) is 5.11 Å². The number of carbonyl (C=O) groups is 1. The lowest BCUT2D eigenvalue weighted by atomic mass is 10.1. The molecule has 1 aromatic rings. The highest BCUT2D eigenvalue weighted by Crippen LogP contribution is 2.49. The van der Waals surface area contributed by atoms with E-state index < -0.39 is 5.97 Å². The monoisotopic (exact) mass is 182 g/mol. The zero-order valence-corrected chi connectivity index (χ0v) is 7.60. The van der Waals surface area contributed by atoms with Crippen LogP contribution in [-0.2, 0) is 4.79 Å². The predicted octanol–water partition coefficient (Wildman–Crippen LogP) is 2.24. The third kappa shape index (κ3) is 1.14. The molecule has 0 aromatic carbocycles. The van der Waals surface area contributed by atoms with Crippen molar-refractivity contribution in [3.8, 4) is 0 Å². The second-order valence-electron chi connectivity index (χ2n) is 3.30. The SMILES string of the molecule is Cc1cscc1[C@@H]1C[C@H]1C(=O)O. The number of thiophene rings is 1. The van der Waals surface area contributed by atoms with Gasteiger partial charge in [0.15, 0.2) is 0 Å². The number of carboxylic acids is 1. The Morgan fingerprint density at radius 3 is 2.83 bits per heavy atom. The van der Waals surface area contributed by atoms with Gasteiger partial charge in [-0.3, -0.25) is 4.79 Å². The van der Waals surface area contributed by atoms with Gasteiger partial charge in [-0.05, 0) is 41.1 Å². The first-order valence-electron chi connectivity index (χ1n) is 3.95. The molecule has 2 atom stereocenters. The van der Waals surface area contributed by atoms with Gasteiger partial charge >= 0.3 is 5.97 Å². The predicted molar refractivity (Wildman–Crippen MR) is 47.5 cm³/mol. The van der Waals surface area contributed by atoms with E-state index in [-0.39, 0.29) is 5.92 Å². The molecule has 1 aromatic heterocycles. The van der Waals surface area contributed by atoms with Crippen LogP contribution >= 0.6 is 11.3 Å². The van der Waals surface area contributed by atoms with E-state index in [9.17, 15) is 4.79 Å². The van der Waals surface area contributed by atoms with Crippen LogP contribution in [0.1, 0.15) is 23.5 Å². The Labute approximate surface area is 74.8 Å². The van der Waals surface area contributed by atoms with E-state index in [1.165, 1.54) is 11.1 Å². The van der Waals surface area contributed by atoms with Gasteiger partial charge in [-0.2, -0.15) is 11.3 Å². The zero-order valence-electron chi connectivity index (χ0n) is 6.78. The van der Waals surface area contributed by atoms with Crippen LogP contribution in [-0.4, -0.2) is 11.1 Å². The van der Waals surface area contributed by atoms with Crippen LogP contribution in [0.2, 0.25) is 0 Å². The van der Waals surface area contributed by atoms with Crippen molar-refractivity contribution in [2.75, 3.05) is 0 Å². The van der Waals surface area contributed by atoms with E-state index in [1.54, 1.807) is 11.3 Å².